The number of hydrogen-bond donors (Lipinski definition) is 1. The highest BCUT2D eigenvalue weighted by Gasteiger charge is 2.10. The van der Waals surface area contributed by atoms with Crippen molar-refractivity contribution in [3.8, 4) is 12.1 Å². The van der Waals surface area contributed by atoms with Crippen molar-refractivity contribution >= 4 is 5.69 Å². The number of nitrogens with zero attached hydrogens (tertiary/aromatic N) is 2. The molecule has 0 bridgehead atoms. The van der Waals surface area contributed by atoms with Crippen LogP contribution in [0.4, 0.5) is 18.9 Å². The Bertz CT molecular complexity index is 750. The minimum atomic E-state index is -1.51. The van der Waals surface area contributed by atoms with E-state index in [9.17, 15) is 13.2 Å². The Balaban J connectivity index is 2.18. The Morgan fingerprint density at radius 3 is 2.10 bits per heavy atom. The average Bonchev–Trinajstić information content (AvgIpc) is 2.50. The monoisotopic (exact) mass is 287 g/mol. The van der Waals surface area contributed by atoms with Crippen LogP contribution in [-0.4, -0.2) is 0 Å². The summed E-state index contributed by atoms with van der Waals surface area (Å²) >= 11 is 0. The molecule has 0 aliphatic carbocycles. The molecule has 0 amide bonds. The maximum atomic E-state index is 13.1. The van der Waals surface area contributed by atoms with Gasteiger partial charge in [0.05, 0.1) is 11.1 Å². The van der Waals surface area contributed by atoms with Crippen LogP contribution in [0.5, 0.6) is 0 Å². The highest BCUT2D eigenvalue weighted by Crippen LogP contribution is 2.17. The van der Waals surface area contributed by atoms with Crippen molar-refractivity contribution in [2.24, 2.45) is 0 Å². The number of rotatable bonds is 3. The van der Waals surface area contributed by atoms with Crippen LogP contribution >= 0.6 is 0 Å². The minimum absolute atomic E-state index is 0.0465. The molecular formula is C15H8F3N3. The molecule has 0 unspecified atom stereocenters. The van der Waals surface area contributed by atoms with Crippen LogP contribution in [0.3, 0.4) is 0 Å². The molecule has 6 heteroatoms. The normalized spacial score (nSPS) is 9.76. The summed E-state index contributed by atoms with van der Waals surface area (Å²) < 4.78 is 38.9. The van der Waals surface area contributed by atoms with Crippen LogP contribution in [0, 0.1) is 40.1 Å². The molecule has 0 spiro atoms. The number of nitrogens with one attached hydrogen (secondary N) is 1. The first-order valence-electron chi connectivity index (χ1n) is 5.86. The first kappa shape index (κ1) is 14.4. The fourth-order valence-electron chi connectivity index (χ4n) is 1.76. The number of nitriles is 2. The van der Waals surface area contributed by atoms with E-state index in [-0.39, 0.29) is 23.2 Å². The molecular weight excluding hydrogens is 279 g/mol. The van der Waals surface area contributed by atoms with Crippen molar-refractivity contribution in [2.75, 3.05) is 5.32 Å². The molecule has 104 valence electrons. The smallest absolute Gasteiger partial charge is 0.194 e. The first-order valence-corrected chi connectivity index (χ1v) is 5.86. The molecule has 2 rings (SSSR count). The van der Waals surface area contributed by atoms with Gasteiger partial charge in [-0.1, -0.05) is 0 Å². The second-order valence-corrected chi connectivity index (χ2v) is 4.21. The Morgan fingerprint density at radius 1 is 0.905 bits per heavy atom. The standard InChI is InChI=1S/C15H8F3N3/c16-13-3-9(4-14(17)15(13)18)8-21-12-2-1-10(6-19)11(5-12)7-20/h1-5,21H,8H2. The van der Waals surface area contributed by atoms with Gasteiger partial charge in [0.2, 0.25) is 0 Å². The third-order valence-corrected chi connectivity index (χ3v) is 2.80. The van der Waals surface area contributed by atoms with Crippen molar-refractivity contribution in [1.82, 2.24) is 0 Å². The minimum Gasteiger partial charge on any atom is -0.381 e. The van der Waals surface area contributed by atoms with Gasteiger partial charge in [-0.05, 0) is 35.9 Å². The molecule has 0 saturated heterocycles. The summed E-state index contributed by atoms with van der Waals surface area (Å²) in [6.45, 7) is 0.0465. The van der Waals surface area contributed by atoms with Crippen LogP contribution in [0.15, 0.2) is 30.3 Å². The Kier molecular flexibility index (Phi) is 4.10. The quantitative estimate of drug-likeness (QED) is 0.879. The van der Waals surface area contributed by atoms with Gasteiger partial charge in [0.25, 0.3) is 0 Å². The third-order valence-electron chi connectivity index (χ3n) is 2.80. The molecule has 0 fully saturated rings. The molecule has 21 heavy (non-hydrogen) atoms. The largest absolute Gasteiger partial charge is 0.381 e. The van der Waals surface area contributed by atoms with Gasteiger partial charge in [0.1, 0.15) is 12.1 Å². The molecule has 0 saturated carbocycles. The number of anilines is 1. The summed E-state index contributed by atoms with van der Waals surface area (Å²) in [6.07, 6.45) is 0. The SMILES string of the molecule is N#Cc1ccc(NCc2cc(F)c(F)c(F)c2)cc1C#N. The van der Waals surface area contributed by atoms with Crippen LogP contribution in [0.1, 0.15) is 16.7 Å². The van der Waals surface area contributed by atoms with E-state index in [0.29, 0.717) is 5.69 Å². The molecule has 0 heterocycles. The summed E-state index contributed by atoms with van der Waals surface area (Å²) in [5.74, 6) is -4.03. The van der Waals surface area contributed by atoms with E-state index in [1.165, 1.54) is 12.1 Å². The fourth-order valence-corrected chi connectivity index (χ4v) is 1.76. The molecule has 3 nitrogen and oxygen atoms in total. The van der Waals surface area contributed by atoms with Gasteiger partial charge in [-0.2, -0.15) is 10.5 Å². The molecule has 0 radical (unpaired) electrons. The number of halogens is 3. The van der Waals surface area contributed by atoms with Crippen LogP contribution in [-0.2, 0) is 6.54 Å². The van der Waals surface area contributed by atoms with E-state index >= 15 is 0 Å². The van der Waals surface area contributed by atoms with E-state index in [2.05, 4.69) is 5.32 Å². The maximum absolute atomic E-state index is 13.1. The Hall–Kier alpha value is -2.99. The lowest BCUT2D eigenvalue weighted by atomic mass is 10.1. The van der Waals surface area contributed by atoms with Crippen molar-refractivity contribution in [3.05, 3.63) is 64.5 Å². The third kappa shape index (κ3) is 3.13. The van der Waals surface area contributed by atoms with Gasteiger partial charge >= 0.3 is 0 Å². The van der Waals surface area contributed by atoms with Crippen molar-refractivity contribution in [3.63, 3.8) is 0 Å². The van der Waals surface area contributed by atoms with Gasteiger partial charge < -0.3 is 5.32 Å². The zero-order chi connectivity index (χ0) is 15.4. The van der Waals surface area contributed by atoms with Crippen molar-refractivity contribution in [2.45, 2.75) is 6.54 Å². The lowest BCUT2D eigenvalue weighted by Gasteiger charge is -2.08. The van der Waals surface area contributed by atoms with E-state index in [1.807, 2.05) is 12.1 Å². The number of hydrogen-bond acceptors (Lipinski definition) is 3. The van der Waals surface area contributed by atoms with Gasteiger partial charge in [0.15, 0.2) is 17.5 Å². The molecule has 0 aromatic heterocycles. The van der Waals surface area contributed by atoms with E-state index in [4.69, 9.17) is 10.5 Å². The summed E-state index contributed by atoms with van der Waals surface area (Å²) in [4.78, 5) is 0. The first-order chi connectivity index (χ1) is 10.0. The summed E-state index contributed by atoms with van der Waals surface area (Å²) in [7, 11) is 0. The van der Waals surface area contributed by atoms with Crippen molar-refractivity contribution in [1.29, 1.82) is 10.5 Å². The highest BCUT2D eigenvalue weighted by atomic mass is 19.2. The average molecular weight is 287 g/mol. The molecule has 0 aliphatic rings. The highest BCUT2D eigenvalue weighted by molar-refractivity contribution is 5.56. The summed E-state index contributed by atoms with van der Waals surface area (Å²) in [6, 6.07) is 10.0. The summed E-state index contributed by atoms with van der Waals surface area (Å²) in [5.41, 5.74) is 1.16. The topological polar surface area (TPSA) is 59.6 Å². The Morgan fingerprint density at radius 2 is 1.52 bits per heavy atom. The van der Waals surface area contributed by atoms with Crippen LogP contribution < -0.4 is 5.32 Å². The van der Waals surface area contributed by atoms with Crippen molar-refractivity contribution < 1.29 is 13.2 Å². The predicted molar refractivity (Wildman–Crippen MR) is 69.5 cm³/mol. The summed E-state index contributed by atoms with van der Waals surface area (Å²) in [5, 5.41) is 20.5. The van der Waals surface area contributed by atoms with E-state index in [1.54, 1.807) is 6.07 Å². The molecule has 0 atom stereocenters. The molecule has 2 aromatic carbocycles. The van der Waals surface area contributed by atoms with Gasteiger partial charge in [0, 0.05) is 12.2 Å². The second kappa shape index (κ2) is 5.98. The molecule has 0 aliphatic heterocycles. The van der Waals surface area contributed by atoms with Crippen LogP contribution in [0.25, 0.3) is 0 Å². The van der Waals surface area contributed by atoms with Crippen LogP contribution in [0.2, 0.25) is 0 Å². The van der Waals surface area contributed by atoms with E-state index < -0.39 is 17.5 Å². The Labute approximate surface area is 118 Å². The fraction of sp³-hybridized carbons (Fsp3) is 0.0667. The zero-order valence-corrected chi connectivity index (χ0v) is 10.6. The van der Waals surface area contributed by atoms with Gasteiger partial charge in [-0.3, -0.25) is 0 Å². The molecule has 1 N–H and O–H groups in total. The lowest BCUT2D eigenvalue weighted by Crippen LogP contribution is -2.03. The zero-order valence-electron chi connectivity index (χ0n) is 10.6. The lowest BCUT2D eigenvalue weighted by molar-refractivity contribution is 0.445. The molecule has 2 aromatic rings. The maximum Gasteiger partial charge on any atom is 0.194 e. The van der Waals surface area contributed by atoms with E-state index in [0.717, 1.165) is 12.1 Å². The second-order valence-electron chi connectivity index (χ2n) is 4.21. The predicted octanol–water partition coefficient (Wildman–Crippen LogP) is 3.46. The van der Waals surface area contributed by atoms with Gasteiger partial charge in [-0.25, -0.2) is 13.2 Å². The number of benzene rings is 2. The van der Waals surface area contributed by atoms with Gasteiger partial charge in [-0.15, -0.1) is 0 Å².